The number of nitrogens with zero attached hydrogens (tertiary/aromatic N) is 1. The number of rotatable bonds is 6. The van der Waals surface area contributed by atoms with Crippen LogP contribution in [0.15, 0.2) is 77.3 Å². The number of nitrogens with two attached hydrogens (primary N) is 1. The maximum absolute atomic E-state index is 13.3. The third kappa shape index (κ3) is 4.90. The number of amides is 1. The van der Waals surface area contributed by atoms with Gasteiger partial charge in [-0.2, -0.15) is 0 Å². The van der Waals surface area contributed by atoms with Crippen molar-refractivity contribution in [1.29, 1.82) is 0 Å². The number of hydrogen-bond acceptors (Lipinski definition) is 6. The van der Waals surface area contributed by atoms with E-state index >= 15 is 0 Å². The number of ether oxygens (including phenoxy) is 2. The van der Waals surface area contributed by atoms with E-state index in [-0.39, 0.29) is 5.91 Å². The number of anilines is 2. The Morgan fingerprint density at radius 3 is 2.27 bits per heavy atom. The number of aryl methyl sites for hydroxylation is 1. The van der Waals surface area contributed by atoms with Crippen LogP contribution in [0.3, 0.4) is 0 Å². The molecule has 0 saturated heterocycles. The number of carbonyl (C=O) groups is 1. The molecule has 6 nitrogen and oxygen atoms in total. The van der Waals surface area contributed by atoms with Gasteiger partial charge in [-0.25, -0.2) is 4.98 Å². The van der Waals surface area contributed by atoms with Crippen molar-refractivity contribution in [2.75, 3.05) is 25.3 Å². The molecular weight excluding hydrogens is 550 g/mol. The summed E-state index contributed by atoms with van der Waals surface area (Å²) in [7, 11) is 3.20. The van der Waals surface area contributed by atoms with E-state index in [0.29, 0.717) is 32.6 Å². The quantitative estimate of drug-likeness (QED) is 0.219. The van der Waals surface area contributed by atoms with Crippen molar-refractivity contribution < 1.29 is 14.3 Å². The molecule has 186 valence electrons. The first kappa shape index (κ1) is 24.8. The number of thiophene rings is 1. The summed E-state index contributed by atoms with van der Waals surface area (Å²) in [5.74, 6) is 0.949. The summed E-state index contributed by atoms with van der Waals surface area (Å²) in [5, 5.41) is 3.67. The normalized spacial score (nSPS) is 10.9. The van der Waals surface area contributed by atoms with Gasteiger partial charge < -0.3 is 20.5 Å². The second-order valence-electron chi connectivity index (χ2n) is 8.48. The molecule has 0 saturated carbocycles. The second kappa shape index (κ2) is 10.2. The minimum absolute atomic E-state index is 0.280. The number of hydrogen-bond donors (Lipinski definition) is 2. The highest BCUT2D eigenvalue weighted by Gasteiger charge is 2.22. The maximum atomic E-state index is 13.3. The zero-order chi connectivity index (χ0) is 26.1. The van der Waals surface area contributed by atoms with Crippen LogP contribution in [0.5, 0.6) is 11.5 Å². The number of methoxy groups -OCH3 is 2. The molecule has 2 aromatic heterocycles. The SMILES string of the molecule is COc1ccc(-c2cc(-c3ccc(C)cc3)nc3sc(C(=O)Nc4ccc(Br)cc4)c(N)c23)cc1OC. The van der Waals surface area contributed by atoms with Crippen molar-refractivity contribution in [2.24, 2.45) is 0 Å². The first-order valence-corrected chi connectivity index (χ1v) is 13.1. The van der Waals surface area contributed by atoms with E-state index in [2.05, 4.69) is 33.4 Å². The minimum atomic E-state index is -0.280. The number of pyridine rings is 1. The monoisotopic (exact) mass is 573 g/mol. The van der Waals surface area contributed by atoms with E-state index in [1.165, 1.54) is 11.3 Å². The second-order valence-corrected chi connectivity index (χ2v) is 10.4. The van der Waals surface area contributed by atoms with Gasteiger partial charge in [0, 0.05) is 21.1 Å². The van der Waals surface area contributed by atoms with Crippen LogP contribution < -0.4 is 20.5 Å². The lowest BCUT2D eigenvalue weighted by Gasteiger charge is -2.12. The summed E-state index contributed by atoms with van der Waals surface area (Å²) in [6.45, 7) is 2.05. The van der Waals surface area contributed by atoms with Crippen molar-refractivity contribution in [3.05, 3.63) is 87.7 Å². The Morgan fingerprint density at radius 1 is 0.919 bits per heavy atom. The van der Waals surface area contributed by atoms with Crippen LogP contribution in [-0.4, -0.2) is 25.1 Å². The standard InChI is InChI=1S/C29H24BrN3O3S/c1-16-4-6-17(7-5-16)22-15-21(18-8-13-23(35-2)24(14-18)36-3)25-26(31)27(37-29(25)33-22)28(34)32-20-11-9-19(30)10-12-20/h4-15H,31H2,1-3H3,(H,32,34). The van der Waals surface area contributed by atoms with Gasteiger partial charge in [0.2, 0.25) is 0 Å². The lowest BCUT2D eigenvalue weighted by molar-refractivity contribution is 0.103. The molecule has 0 aliphatic carbocycles. The number of nitrogens with one attached hydrogen (secondary N) is 1. The lowest BCUT2D eigenvalue weighted by atomic mass is 9.98. The summed E-state index contributed by atoms with van der Waals surface area (Å²) in [6.07, 6.45) is 0. The van der Waals surface area contributed by atoms with Crippen LogP contribution in [0, 0.1) is 6.92 Å². The molecule has 3 N–H and O–H groups in total. The average Bonchev–Trinajstić information content (AvgIpc) is 3.25. The summed E-state index contributed by atoms with van der Waals surface area (Å²) >= 11 is 4.69. The highest BCUT2D eigenvalue weighted by molar-refractivity contribution is 9.10. The van der Waals surface area contributed by atoms with E-state index in [4.69, 9.17) is 20.2 Å². The molecule has 0 aliphatic heterocycles. The fourth-order valence-electron chi connectivity index (χ4n) is 4.11. The Morgan fingerprint density at radius 2 is 1.59 bits per heavy atom. The minimum Gasteiger partial charge on any atom is -0.493 e. The third-order valence-corrected chi connectivity index (χ3v) is 7.68. The van der Waals surface area contributed by atoms with Crippen molar-refractivity contribution >= 4 is 54.8 Å². The molecular formula is C29H24BrN3O3S. The van der Waals surface area contributed by atoms with Gasteiger partial charge in [-0.05, 0) is 60.5 Å². The molecule has 0 radical (unpaired) electrons. The van der Waals surface area contributed by atoms with Crippen LogP contribution in [0.25, 0.3) is 32.6 Å². The van der Waals surface area contributed by atoms with E-state index < -0.39 is 0 Å². The van der Waals surface area contributed by atoms with Crippen LogP contribution in [0.1, 0.15) is 15.2 Å². The predicted octanol–water partition coefficient (Wildman–Crippen LogP) is 7.55. The van der Waals surface area contributed by atoms with Crippen LogP contribution in [-0.2, 0) is 0 Å². The molecule has 0 aliphatic rings. The largest absolute Gasteiger partial charge is 0.493 e. The number of aromatic nitrogens is 1. The van der Waals surface area contributed by atoms with E-state index in [0.717, 1.165) is 37.8 Å². The average molecular weight is 575 g/mol. The maximum Gasteiger partial charge on any atom is 0.267 e. The molecule has 0 unspecified atom stereocenters. The summed E-state index contributed by atoms with van der Waals surface area (Å²) in [5.41, 5.74) is 12.4. The van der Waals surface area contributed by atoms with Crippen LogP contribution >= 0.6 is 27.3 Å². The third-order valence-electron chi connectivity index (χ3n) is 6.05. The fourth-order valence-corrected chi connectivity index (χ4v) is 5.39. The summed E-state index contributed by atoms with van der Waals surface area (Å²) in [6, 6.07) is 23.3. The number of carbonyl (C=O) groups excluding carboxylic acids is 1. The van der Waals surface area contributed by atoms with Crippen LogP contribution in [0.2, 0.25) is 0 Å². The lowest BCUT2D eigenvalue weighted by Crippen LogP contribution is -2.11. The van der Waals surface area contributed by atoms with Gasteiger partial charge in [-0.1, -0.05) is 51.8 Å². The molecule has 2 heterocycles. The molecule has 0 atom stereocenters. The zero-order valence-corrected chi connectivity index (χ0v) is 22.9. The van der Waals surface area contributed by atoms with Gasteiger partial charge in [-0.15, -0.1) is 11.3 Å². The van der Waals surface area contributed by atoms with Crippen molar-refractivity contribution in [3.63, 3.8) is 0 Å². The predicted molar refractivity (Wildman–Crippen MR) is 155 cm³/mol. The molecule has 3 aromatic carbocycles. The first-order valence-electron chi connectivity index (χ1n) is 11.5. The topological polar surface area (TPSA) is 86.5 Å². The highest BCUT2D eigenvalue weighted by Crippen LogP contribution is 2.43. The molecule has 0 spiro atoms. The fraction of sp³-hybridized carbons (Fsp3) is 0.103. The summed E-state index contributed by atoms with van der Waals surface area (Å²) < 4.78 is 11.9. The van der Waals surface area contributed by atoms with Crippen molar-refractivity contribution in [1.82, 2.24) is 4.98 Å². The van der Waals surface area contributed by atoms with Gasteiger partial charge in [0.1, 0.15) is 9.71 Å². The van der Waals surface area contributed by atoms with E-state index in [9.17, 15) is 4.79 Å². The van der Waals surface area contributed by atoms with Crippen molar-refractivity contribution in [2.45, 2.75) is 6.92 Å². The van der Waals surface area contributed by atoms with Gasteiger partial charge in [0.25, 0.3) is 5.91 Å². The smallest absolute Gasteiger partial charge is 0.267 e. The Hall–Kier alpha value is -3.88. The number of halogens is 1. The van der Waals surface area contributed by atoms with Crippen molar-refractivity contribution in [3.8, 4) is 33.9 Å². The molecule has 1 amide bonds. The highest BCUT2D eigenvalue weighted by atomic mass is 79.9. The zero-order valence-electron chi connectivity index (χ0n) is 20.5. The molecule has 8 heteroatoms. The molecule has 5 rings (SSSR count). The first-order chi connectivity index (χ1) is 17.9. The van der Waals surface area contributed by atoms with Crippen LogP contribution in [0.4, 0.5) is 11.4 Å². The van der Waals surface area contributed by atoms with Gasteiger partial charge in [0.15, 0.2) is 11.5 Å². The summed E-state index contributed by atoms with van der Waals surface area (Å²) in [4.78, 5) is 19.3. The molecule has 0 fully saturated rings. The number of fused-ring (bicyclic) bond motifs is 1. The van der Waals surface area contributed by atoms with Gasteiger partial charge in [-0.3, -0.25) is 4.79 Å². The van der Waals surface area contributed by atoms with E-state index in [1.807, 2.05) is 67.6 Å². The van der Waals surface area contributed by atoms with E-state index in [1.54, 1.807) is 14.2 Å². The molecule has 0 bridgehead atoms. The number of benzene rings is 3. The Kier molecular flexibility index (Phi) is 6.86. The molecule has 5 aromatic rings. The Balaban J connectivity index is 1.68. The van der Waals surface area contributed by atoms with Gasteiger partial charge in [0.05, 0.1) is 25.6 Å². The number of nitrogen functional groups attached to an aromatic ring is 1. The van der Waals surface area contributed by atoms with Gasteiger partial charge >= 0.3 is 0 Å². The molecule has 37 heavy (non-hydrogen) atoms. The Bertz CT molecular complexity index is 1610. The Labute approximate surface area is 227 Å².